The number of nitrogens with zero attached hydrogens (tertiary/aromatic N) is 1. The zero-order valence-electron chi connectivity index (χ0n) is 20.1. The summed E-state index contributed by atoms with van der Waals surface area (Å²) in [5.41, 5.74) is 0.934. The van der Waals surface area contributed by atoms with E-state index in [1.165, 1.54) is 38.2 Å². The second-order valence-corrected chi connectivity index (χ2v) is 12.7. The molecule has 1 heterocycles. The molecule has 0 bridgehead atoms. The lowest BCUT2D eigenvalue weighted by Gasteiger charge is -2.59. The van der Waals surface area contributed by atoms with Crippen LogP contribution in [-0.4, -0.2) is 52.2 Å². The van der Waals surface area contributed by atoms with Crippen LogP contribution in [0.5, 0.6) is 5.75 Å². The molecule has 2 aliphatic carbocycles. The number of hydrogen-bond donors (Lipinski definition) is 1. The predicted octanol–water partition coefficient (Wildman–Crippen LogP) is 4.85. The van der Waals surface area contributed by atoms with Crippen molar-refractivity contribution in [2.75, 3.05) is 32.1 Å². The molecular weight excluding hydrogens is 422 g/mol. The van der Waals surface area contributed by atoms with E-state index in [9.17, 15) is 14.1 Å². The highest BCUT2D eigenvalue weighted by Gasteiger charge is 2.53. The summed E-state index contributed by atoms with van der Waals surface area (Å²) in [4.78, 5) is 15.2. The van der Waals surface area contributed by atoms with Crippen molar-refractivity contribution in [1.29, 1.82) is 0 Å². The van der Waals surface area contributed by atoms with E-state index in [-0.39, 0.29) is 17.1 Å². The van der Waals surface area contributed by atoms with E-state index < -0.39 is 10.8 Å². The molecule has 178 valence electrons. The fourth-order valence-corrected chi connectivity index (χ4v) is 8.75. The highest BCUT2D eigenvalue weighted by molar-refractivity contribution is 7.85. The van der Waals surface area contributed by atoms with Gasteiger partial charge in [-0.15, -0.1) is 0 Å². The van der Waals surface area contributed by atoms with Gasteiger partial charge in [0, 0.05) is 29.3 Å². The van der Waals surface area contributed by atoms with Crippen LogP contribution in [0, 0.1) is 28.6 Å². The van der Waals surface area contributed by atoms with Crippen LogP contribution in [0.2, 0.25) is 0 Å². The summed E-state index contributed by atoms with van der Waals surface area (Å²) in [6.45, 7) is 11.7. The molecular formula is C26H39NO4S. The van der Waals surface area contributed by atoms with Crippen molar-refractivity contribution in [2.45, 2.75) is 64.7 Å². The molecule has 5 unspecified atom stereocenters. The molecule has 5 nitrogen and oxygen atoms in total. The highest BCUT2D eigenvalue weighted by Crippen LogP contribution is 2.61. The number of fused-ring (bicyclic) bond motifs is 1. The van der Waals surface area contributed by atoms with Gasteiger partial charge in [0.05, 0.1) is 24.0 Å². The largest absolute Gasteiger partial charge is 0.508 e. The first-order valence-corrected chi connectivity index (χ1v) is 13.5. The maximum Gasteiger partial charge on any atom is 0.254 e. The molecule has 1 N–H and O–H groups in total. The van der Waals surface area contributed by atoms with Gasteiger partial charge in [-0.25, -0.2) is 0 Å². The van der Waals surface area contributed by atoms with Crippen molar-refractivity contribution < 1.29 is 18.8 Å². The number of aromatic hydroxyl groups is 1. The molecule has 32 heavy (non-hydrogen) atoms. The van der Waals surface area contributed by atoms with Crippen LogP contribution in [0.25, 0.3) is 0 Å². The van der Waals surface area contributed by atoms with Crippen LogP contribution < -0.4 is 0 Å². The lowest BCUT2D eigenvalue weighted by molar-refractivity contribution is -0.0853. The molecule has 0 aromatic heterocycles. The molecule has 0 spiro atoms. The first-order valence-electron chi connectivity index (χ1n) is 12.2. The maximum absolute atomic E-state index is 13.6. The zero-order valence-corrected chi connectivity index (χ0v) is 20.9. The van der Waals surface area contributed by atoms with Gasteiger partial charge < -0.3 is 14.7 Å². The van der Waals surface area contributed by atoms with Gasteiger partial charge in [0.15, 0.2) is 0 Å². The number of morpholine rings is 1. The summed E-state index contributed by atoms with van der Waals surface area (Å²) < 4.78 is 18.9. The SMILES string of the molecule is CC1CCC2C(C)(C)CCCC2(C)C1CS(=O)c1cc(O)cc(C(=O)N2CCOCC2)c1. The summed E-state index contributed by atoms with van der Waals surface area (Å²) in [5.74, 6) is 2.04. The van der Waals surface area contributed by atoms with E-state index in [0.717, 1.165) is 0 Å². The molecule has 6 heteroatoms. The molecule has 1 aromatic carbocycles. The van der Waals surface area contributed by atoms with Gasteiger partial charge in [0.25, 0.3) is 5.91 Å². The van der Waals surface area contributed by atoms with Crippen molar-refractivity contribution in [3.8, 4) is 5.75 Å². The van der Waals surface area contributed by atoms with Crippen molar-refractivity contribution in [3.05, 3.63) is 23.8 Å². The first kappa shape index (κ1) is 23.7. The van der Waals surface area contributed by atoms with Crippen molar-refractivity contribution in [3.63, 3.8) is 0 Å². The maximum atomic E-state index is 13.6. The Morgan fingerprint density at radius 3 is 2.59 bits per heavy atom. The number of ether oxygens (including phenoxy) is 1. The second-order valence-electron chi connectivity index (χ2n) is 11.2. The van der Waals surface area contributed by atoms with Crippen LogP contribution in [0.4, 0.5) is 0 Å². The third-order valence-corrected chi connectivity index (χ3v) is 10.2. The standard InChI is InChI=1S/C26H39NO4S/c1-18-6-7-23-25(2,3)8-5-9-26(23,4)22(18)17-32(30)21-15-19(14-20(28)16-21)24(29)27-10-12-31-13-11-27/h14-16,18,22-23,28H,5-13,17H2,1-4H3. The van der Waals surface area contributed by atoms with Gasteiger partial charge in [-0.1, -0.05) is 40.5 Å². The Hall–Kier alpha value is -1.40. The minimum Gasteiger partial charge on any atom is -0.508 e. The molecule has 3 aliphatic rings. The van der Waals surface area contributed by atoms with Gasteiger partial charge in [-0.3, -0.25) is 9.00 Å². The monoisotopic (exact) mass is 461 g/mol. The molecule has 1 saturated heterocycles. The summed E-state index contributed by atoms with van der Waals surface area (Å²) in [6.07, 6.45) is 6.16. The lowest BCUT2D eigenvalue weighted by atomic mass is 9.47. The quantitative estimate of drug-likeness (QED) is 0.696. The number of benzene rings is 1. The third kappa shape index (κ3) is 4.50. The number of phenols is 1. The van der Waals surface area contributed by atoms with E-state index in [1.807, 2.05) is 0 Å². The fourth-order valence-electron chi connectivity index (χ4n) is 7.01. The van der Waals surface area contributed by atoms with Crippen molar-refractivity contribution >= 4 is 16.7 Å². The average molecular weight is 462 g/mol. The van der Waals surface area contributed by atoms with E-state index in [1.54, 1.807) is 17.0 Å². The highest BCUT2D eigenvalue weighted by atomic mass is 32.2. The summed E-state index contributed by atoms with van der Waals surface area (Å²) in [5, 5.41) is 10.3. The normalized spacial score (nSPS) is 33.4. The molecule has 1 aliphatic heterocycles. The fraction of sp³-hybridized carbons (Fsp3) is 0.731. The number of carbonyl (C=O) groups excluding carboxylic acids is 1. The Labute approximate surface area is 195 Å². The molecule has 3 fully saturated rings. The Morgan fingerprint density at radius 1 is 1.16 bits per heavy atom. The van der Waals surface area contributed by atoms with E-state index >= 15 is 0 Å². The average Bonchev–Trinajstić information content (AvgIpc) is 2.75. The predicted molar refractivity (Wildman–Crippen MR) is 127 cm³/mol. The van der Waals surface area contributed by atoms with Crippen LogP contribution in [0.15, 0.2) is 23.1 Å². The Bertz CT molecular complexity index is 879. The Morgan fingerprint density at radius 2 is 1.88 bits per heavy atom. The van der Waals surface area contributed by atoms with Gasteiger partial charge in [0.1, 0.15) is 5.75 Å². The van der Waals surface area contributed by atoms with Gasteiger partial charge >= 0.3 is 0 Å². The molecule has 4 rings (SSSR count). The summed E-state index contributed by atoms with van der Waals surface area (Å²) in [7, 11) is -1.26. The molecule has 1 aromatic rings. The van der Waals surface area contributed by atoms with E-state index in [4.69, 9.17) is 4.74 Å². The van der Waals surface area contributed by atoms with E-state index in [0.29, 0.717) is 65.7 Å². The molecule has 2 saturated carbocycles. The Kier molecular flexibility index (Phi) is 6.75. The van der Waals surface area contributed by atoms with Crippen LogP contribution in [0.1, 0.15) is 70.2 Å². The number of amides is 1. The number of carbonyl (C=O) groups is 1. The molecule has 1 amide bonds. The molecule has 5 atom stereocenters. The minimum absolute atomic E-state index is 0.00652. The number of hydrogen-bond acceptors (Lipinski definition) is 4. The second kappa shape index (κ2) is 9.09. The first-order chi connectivity index (χ1) is 15.1. The van der Waals surface area contributed by atoms with Crippen LogP contribution in [0.3, 0.4) is 0 Å². The van der Waals surface area contributed by atoms with Gasteiger partial charge in [-0.05, 0) is 66.0 Å². The summed E-state index contributed by atoms with van der Waals surface area (Å²) in [6, 6.07) is 4.79. The van der Waals surface area contributed by atoms with Gasteiger partial charge in [-0.2, -0.15) is 0 Å². The number of rotatable bonds is 4. The van der Waals surface area contributed by atoms with Gasteiger partial charge in [0.2, 0.25) is 0 Å². The lowest BCUT2D eigenvalue weighted by Crippen LogP contribution is -2.52. The summed E-state index contributed by atoms with van der Waals surface area (Å²) >= 11 is 0. The van der Waals surface area contributed by atoms with Crippen LogP contribution >= 0.6 is 0 Å². The van der Waals surface area contributed by atoms with E-state index in [2.05, 4.69) is 27.7 Å². The Balaban J connectivity index is 1.56. The van der Waals surface area contributed by atoms with Crippen molar-refractivity contribution in [1.82, 2.24) is 4.90 Å². The third-order valence-electron chi connectivity index (χ3n) is 8.75. The zero-order chi connectivity index (χ0) is 23.1. The topological polar surface area (TPSA) is 66.8 Å². The molecule has 0 radical (unpaired) electrons. The smallest absolute Gasteiger partial charge is 0.254 e. The van der Waals surface area contributed by atoms with Crippen LogP contribution in [-0.2, 0) is 15.5 Å². The minimum atomic E-state index is -1.26. The number of phenolic OH excluding ortho intramolecular Hbond substituents is 1. The van der Waals surface area contributed by atoms with Crippen molar-refractivity contribution in [2.24, 2.45) is 28.6 Å².